The number of aromatic nitrogens is 1. The van der Waals surface area contributed by atoms with E-state index in [4.69, 9.17) is 4.74 Å². The van der Waals surface area contributed by atoms with Crippen molar-refractivity contribution in [2.45, 2.75) is 19.3 Å². The highest BCUT2D eigenvalue weighted by molar-refractivity contribution is 5.98. The fourth-order valence-electron chi connectivity index (χ4n) is 2.15. The topological polar surface area (TPSA) is 54.5 Å². The number of hydrogen-bond donors (Lipinski definition) is 1. The number of amides is 1. The van der Waals surface area contributed by atoms with Crippen molar-refractivity contribution in [3.8, 4) is 5.88 Å². The number of rotatable bonds is 7. The van der Waals surface area contributed by atoms with Crippen molar-refractivity contribution < 1.29 is 9.53 Å². The lowest BCUT2D eigenvalue weighted by molar-refractivity contribution is -0.120. The number of anilines is 1. The summed E-state index contributed by atoms with van der Waals surface area (Å²) in [5.41, 5.74) is 1.00. The number of benzene rings is 1. The Balaban J connectivity index is 1.97. The molecule has 0 atom stereocenters. The van der Waals surface area contributed by atoms with Crippen molar-refractivity contribution in [2.24, 2.45) is 0 Å². The summed E-state index contributed by atoms with van der Waals surface area (Å²) >= 11 is 0. The van der Waals surface area contributed by atoms with Crippen molar-refractivity contribution >= 4 is 11.6 Å². The fraction of sp³-hybridized carbons (Fsp3) is 0.368. The van der Waals surface area contributed by atoms with E-state index in [1.54, 1.807) is 18.3 Å². The third kappa shape index (κ3) is 4.80. The quantitative estimate of drug-likeness (QED) is 0.849. The summed E-state index contributed by atoms with van der Waals surface area (Å²) in [5.74, 6) is 0.481. The number of hydrogen-bond acceptors (Lipinski definition) is 4. The van der Waals surface area contributed by atoms with E-state index in [9.17, 15) is 4.79 Å². The highest BCUT2D eigenvalue weighted by Gasteiger charge is 2.29. The third-order valence-corrected chi connectivity index (χ3v) is 3.85. The van der Waals surface area contributed by atoms with Crippen LogP contribution < -0.4 is 10.1 Å². The predicted molar refractivity (Wildman–Crippen MR) is 96.4 cm³/mol. The lowest BCUT2D eigenvalue weighted by Gasteiger charge is -2.24. The summed E-state index contributed by atoms with van der Waals surface area (Å²) < 4.78 is 5.55. The van der Waals surface area contributed by atoms with Gasteiger partial charge in [0.25, 0.3) is 0 Å². The Morgan fingerprint density at radius 1 is 1.17 bits per heavy atom. The van der Waals surface area contributed by atoms with Gasteiger partial charge in [0, 0.05) is 12.6 Å². The van der Waals surface area contributed by atoms with Gasteiger partial charge in [-0.25, -0.2) is 4.98 Å². The predicted octanol–water partition coefficient (Wildman–Crippen LogP) is 2.94. The first kappa shape index (κ1) is 17.9. The molecule has 0 bridgehead atoms. The minimum atomic E-state index is -0.623. The van der Waals surface area contributed by atoms with Crippen LogP contribution in [0.5, 0.6) is 5.88 Å². The molecule has 0 saturated heterocycles. The number of carbonyl (C=O) groups is 1. The molecule has 24 heavy (non-hydrogen) atoms. The summed E-state index contributed by atoms with van der Waals surface area (Å²) in [4.78, 5) is 18.9. The van der Waals surface area contributed by atoms with Crippen molar-refractivity contribution in [1.29, 1.82) is 0 Å². The van der Waals surface area contributed by atoms with Gasteiger partial charge >= 0.3 is 0 Å². The summed E-state index contributed by atoms with van der Waals surface area (Å²) in [6.07, 6.45) is 1.62. The molecule has 1 N–H and O–H groups in total. The fourth-order valence-corrected chi connectivity index (χ4v) is 2.15. The number of nitrogens with zero attached hydrogens (tertiary/aromatic N) is 2. The van der Waals surface area contributed by atoms with Crippen LogP contribution in [0.4, 0.5) is 5.69 Å². The van der Waals surface area contributed by atoms with Crippen LogP contribution in [0.25, 0.3) is 0 Å². The zero-order valence-electron chi connectivity index (χ0n) is 14.7. The molecule has 2 rings (SSSR count). The van der Waals surface area contributed by atoms with E-state index in [-0.39, 0.29) is 5.91 Å². The number of ether oxygens (including phenoxy) is 1. The van der Waals surface area contributed by atoms with Crippen LogP contribution in [0.3, 0.4) is 0 Å². The van der Waals surface area contributed by atoms with Gasteiger partial charge in [0.05, 0.1) is 17.3 Å². The molecule has 1 aromatic heterocycles. The second-order valence-corrected chi connectivity index (χ2v) is 6.48. The molecule has 5 heteroatoms. The number of pyridine rings is 1. The molecule has 1 aromatic carbocycles. The highest BCUT2D eigenvalue weighted by atomic mass is 16.5. The Labute approximate surface area is 143 Å². The molecule has 0 radical (unpaired) electrons. The van der Waals surface area contributed by atoms with Gasteiger partial charge in [0.15, 0.2) is 0 Å². The van der Waals surface area contributed by atoms with Crippen LogP contribution in [0.15, 0.2) is 48.7 Å². The van der Waals surface area contributed by atoms with Crippen LogP contribution in [-0.4, -0.2) is 43.0 Å². The SMILES string of the molecule is CN(C)CCOc1ccc(NC(=O)C(C)(C)c2ccccc2)cn1. The average Bonchev–Trinajstić information content (AvgIpc) is 2.57. The molecule has 2 aromatic rings. The maximum Gasteiger partial charge on any atom is 0.234 e. The van der Waals surface area contributed by atoms with Gasteiger partial charge in [-0.3, -0.25) is 4.79 Å². The van der Waals surface area contributed by atoms with Crippen LogP contribution in [0.1, 0.15) is 19.4 Å². The largest absolute Gasteiger partial charge is 0.476 e. The Morgan fingerprint density at radius 3 is 2.46 bits per heavy atom. The molecule has 0 aliphatic rings. The van der Waals surface area contributed by atoms with Crippen LogP contribution in [0.2, 0.25) is 0 Å². The lowest BCUT2D eigenvalue weighted by atomic mass is 9.84. The maximum absolute atomic E-state index is 12.6. The van der Waals surface area contributed by atoms with Gasteiger partial charge in [-0.05, 0) is 39.6 Å². The number of likely N-dealkylation sites (N-methyl/N-ethyl adjacent to an activating group) is 1. The maximum atomic E-state index is 12.6. The Hall–Kier alpha value is -2.40. The zero-order valence-corrected chi connectivity index (χ0v) is 14.7. The first-order valence-corrected chi connectivity index (χ1v) is 8.00. The van der Waals surface area contributed by atoms with Gasteiger partial charge < -0.3 is 15.0 Å². The first-order chi connectivity index (χ1) is 11.4. The van der Waals surface area contributed by atoms with Crippen LogP contribution >= 0.6 is 0 Å². The molecule has 0 aliphatic heterocycles. The summed E-state index contributed by atoms with van der Waals surface area (Å²) in [5, 5.41) is 2.92. The highest BCUT2D eigenvalue weighted by Crippen LogP contribution is 2.25. The standard InChI is InChI=1S/C19H25N3O2/c1-19(2,15-8-6-5-7-9-15)18(23)21-16-10-11-17(20-14-16)24-13-12-22(3)4/h5-11,14H,12-13H2,1-4H3,(H,21,23). The van der Waals surface area contributed by atoms with Gasteiger partial charge in [0.2, 0.25) is 11.8 Å². The molecule has 128 valence electrons. The second-order valence-electron chi connectivity index (χ2n) is 6.48. The average molecular weight is 327 g/mol. The second kappa shape index (κ2) is 7.93. The lowest BCUT2D eigenvalue weighted by Crippen LogP contribution is -2.34. The Bertz CT molecular complexity index is 652. The normalized spacial score (nSPS) is 11.4. The molecule has 1 amide bonds. The van der Waals surface area contributed by atoms with E-state index in [1.807, 2.05) is 63.2 Å². The smallest absolute Gasteiger partial charge is 0.234 e. The van der Waals surface area contributed by atoms with E-state index in [0.29, 0.717) is 18.2 Å². The van der Waals surface area contributed by atoms with E-state index < -0.39 is 5.41 Å². The molecule has 0 unspecified atom stereocenters. The zero-order chi connectivity index (χ0) is 17.6. The van der Waals surface area contributed by atoms with E-state index in [1.165, 1.54) is 0 Å². The molecule has 0 aliphatic carbocycles. The summed E-state index contributed by atoms with van der Waals surface area (Å²) in [6.45, 7) is 5.21. The van der Waals surface area contributed by atoms with Crippen LogP contribution in [0, 0.1) is 0 Å². The molecule has 0 spiro atoms. The van der Waals surface area contributed by atoms with Gasteiger partial charge in [-0.1, -0.05) is 30.3 Å². The molecule has 0 fully saturated rings. The monoisotopic (exact) mass is 327 g/mol. The van der Waals surface area contributed by atoms with Gasteiger partial charge in [-0.2, -0.15) is 0 Å². The first-order valence-electron chi connectivity index (χ1n) is 8.00. The molecule has 5 nitrogen and oxygen atoms in total. The van der Waals surface area contributed by atoms with E-state index >= 15 is 0 Å². The minimum Gasteiger partial charge on any atom is -0.476 e. The number of nitrogens with one attached hydrogen (secondary N) is 1. The summed E-state index contributed by atoms with van der Waals surface area (Å²) in [7, 11) is 3.98. The van der Waals surface area contributed by atoms with Crippen LogP contribution in [-0.2, 0) is 10.2 Å². The third-order valence-electron chi connectivity index (χ3n) is 3.85. The molecular formula is C19H25N3O2. The van der Waals surface area contributed by atoms with Gasteiger partial charge in [-0.15, -0.1) is 0 Å². The van der Waals surface area contributed by atoms with Crippen molar-refractivity contribution in [2.75, 3.05) is 32.6 Å². The van der Waals surface area contributed by atoms with Gasteiger partial charge in [0.1, 0.15) is 6.61 Å². The number of carbonyl (C=O) groups excluding carboxylic acids is 1. The van der Waals surface area contributed by atoms with E-state index in [0.717, 1.165) is 12.1 Å². The summed E-state index contributed by atoms with van der Waals surface area (Å²) in [6, 6.07) is 13.3. The van der Waals surface area contributed by atoms with Crippen molar-refractivity contribution in [1.82, 2.24) is 9.88 Å². The van der Waals surface area contributed by atoms with E-state index in [2.05, 4.69) is 10.3 Å². The Kier molecular flexibility index (Phi) is 5.93. The molecule has 0 saturated carbocycles. The van der Waals surface area contributed by atoms with Crippen molar-refractivity contribution in [3.63, 3.8) is 0 Å². The minimum absolute atomic E-state index is 0.0724. The Morgan fingerprint density at radius 2 is 1.88 bits per heavy atom. The van der Waals surface area contributed by atoms with Crippen molar-refractivity contribution in [3.05, 3.63) is 54.2 Å². The molecule has 1 heterocycles. The molecular weight excluding hydrogens is 302 g/mol.